The van der Waals surface area contributed by atoms with Crippen molar-refractivity contribution in [2.24, 2.45) is 5.10 Å². The Morgan fingerprint density at radius 3 is 2.56 bits per heavy atom. The topological polar surface area (TPSA) is 43.1 Å². The molecule has 0 radical (unpaired) electrons. The van der Waals surface area contributed by atoms with Crippen LogP contribution in [-0.2, 0) is 0 Å². The third-order valence-electron chi connectivity index (χ3n) is 1.88. The largest absolute Gasteiger partial charge is 0.208 e. The van der Waals surface area contributed by atoms with Gasteiger partial charge < -0.3 is 0 Å². The Labute approximate surface area is 101 Å². The van der Waals surface area contributed by atoms with Gasteiger partial charge in [0.2, 0.25) is 0 Å². The van der Waals surface area contributed by atoms with Crippen LogP contribution in [0.1, 0.15) is 5.56 Å². The predicted molar refractivity (Wildman–Crippen MR) is 67.3 cm³/mol. The molecule has 0 unspecified atom stereocenters. The highest BCUT2D eigenvalue weighted by molar-refractivity contribution is 9.15. The van der Waals surface area contributed by atoms with E-state index in [1.807, 2.05) is 36.4 Å². The molecule has 4 nitrogen and oxygen atoms in total. The summed E-state index contributed by atoms with van der Waals surface area (Å²) in [5.41, 5.74) is 1.11. The fourth-order valence-electron chi connectivity index (χ4n) is 1.12. The molecule has 2 rings (SSSR count). The summed E-state index contributed by atoms with van der Waals surface area (Å²) >= 11 is 3.48. The molecule has 1 aromatic heterocycles. The summed E-state index contributed by atoms with van der Waals surface area (Å²) < 4.78 is 2.51. The van der Waals surface area contributed by atoms with E-state index < -0.39 is 0 Å². The van der Waals surface area contributed by atoms with Gasteiger partial charge in [0.05, 0.1) is 0 Å². The molecule has 0 atom stereocenters. The van der Waals surface area contributed by atoms with Crippen molar-refractivity contribution in [2.45, 2.75) is 0 Å². The molecule has 80 valence electrons. The fourth-order valence-corrected chi connectivity index (χ4v) is 1.51. The van der Waals surface area contributed by atoms with Crippen LogP contribution >= 0.6 is 15.9 Å². The highest BCUT2D eigenvalue weighted by Crippen LogP contribution is 2.19. The zero-order chi connectivity index (χ0) is 11.2. The van der Waals surface area contributed by atoms with Gasteiger partial charge >= 0.3 is 0 Å². The van der Waals surface area contributed by atoms with Gasteiger partial charge in [0.1, 0.15) is 12.7 Å². The van der Waals surface area contributed by atoms with Crippen molar-refractivity contribution < 1.29 is 0 Å². The second kappa shape index (κ2) is 5.37. The third-order valence-corrected chi connectivity index (χ3v) is 2.60. The quantitative estimate of drug-likeness (QED) is 0.809. The molecule has 1 aromatic carbocycles. The lowest BCUT2D eigenvalue weighted by molar-refractivity contribution is 0.879. The molecule has 0 bridgehead atoms. The molecule has 16 heavy (non-hydrogen) atoms. The van der Waals surface area contributed by atoms with Crippen LogP contribution in [0.5, 0.6) is 0 Å². The molecule has 5 heteroatoms. The maximum Gasteiger partial charge on any atom is 0.141 e. The zero-order valence-electron chi connectivity index (χ0n) is 8.36. The average Bonchev–Trinajstić information content (AvgIpc) is 2.83. The molecule has 0 saturated carbocycles. The highest BCUT2D eigenvalue weighted by atomic mass is 79.9. The van der Waals surface area contributed by atoms with Gasteiger partial charge in [-0.05, 0) is 11.6 Å². The number of allylic oxidation sites excluding steroid dienone is 1. The number of benzene rings is 1. The summed E-state index contributed by atoms with van der Waals surface area (Å²) in [5, 5.41) is 11.4. The van der Waals surface area contributed by atoms with Gasteiger partial charge in [-0.1, -0.05) is 46.3 Å². The first-order valence-corrected chi connectivity index (χ1v) is 5.46. The molecule has 1 heterocycles. The minimum absolute atomic E-state index is 0.977. The smallest absolute Gasteiger partial charge is 0.141 e. The molecular weight excluding hydrogens is 268 g/mol. The number of hydrogen-bond donors (Lipinski definition) is 0. The van der Waals surface area contributed by atoms with Crippen LogP contribution in [0.2, 0.25) is 0 Å². The molecule has 0 amide bonds. The van der Waals surface area contributed by atoms with Gasteiger partial charge in [-0.15, -0.1) is 10.2 Å². The number of rotatable bonds is 3. The summed E-state index contributed by atoms with van der Waals surface area (Å²) in [6.07, 6.45) is 6.61. The maximum absolute atomic E-state index is 4.09. The standard InChI is InChI=1S/C11H9BrN4/c12-11(10-4-2-1-3-5-10)6-7-15-16-8-13-14-9-16/h1-9H/b11-6-,15-7-. The maximum atomic E-state index is 4.09. The molecule has 0 fully saturated rings. The van der Waals surface area contributed by atoms with E-state index in [-0.39, 0.29) is 0 Å². The second-order valence-electron chi connectivity index (χ2n) is 2.99. The van der Waals surface area contributed by atoms with Crippen LogP contribution in [0.25, 0.3) is 4.48 Å². The molecular formula is C11H9BrN4. The summed E-state index contributed by atoms with van der Waals surface area (Å²) in [5.74, 6) is 0. The average molecular weight is 277 g/mol. The number of aromatic nitrogens is 3. The Morgan fingerprint density at radius 1 is 1.19 bits per heavy atom. The highest BCUT2D eigenvalue weighted by Gasteiger charge is 1.93. The van der Waals surface area contributed by atoms with Gasteiger partial charge in [-0.2, -0.15) is 5.10 Å². The van der Waals surface area contributed by atoms with E-state index in [0.29, 0.717) is 0 Å². The fraction of sp³-hybridized carbons (Fsp3) is 0. The van der Waals surface area contributed by atoms with Gasteiger partial charge in [0.25, 0.3) is 0 Å². The van der Waals surface area contributed by atoms with Crippen molar-refractivity contribution in [1.82, 2.24) is 14.9 Å². The lowest BCUT2D eigenvalue weighted by Crippen LogP contribution is -1.83. The summed E-state index contributed by atoms with van der Waals surface area (Å²) in [7, 11) is 0. The van der Waals surface area contributed by atoms with Crippen molar-refractivity contribution in [3.05, 3.63) is 54.6 Å². The van der Waals surface area contributed by atoms with Crippen LogP contribution in [0, 0.1) is 0 Å². The number of halogens is 1. The van der Waals surface area contributed by atoms with Crippen LogP contribution in [-0.4, -0.2) is 21.1 Å². The van der Waals surface area contributed by atoms with Crippen LogP contribution in [0.4, 0.5) is 0 Å². The van der Waals surface area contributed by atoms with Gasteiger partial charge in [0.15, 0.2) is 0 Å². The van der Waals surface area contributed by atoms with E-state index in [2.05, 4.69) is 31.2 Å². The molecule has 0 aliphatic rings. The molecule has 2 aromatic rings. The monoisotopic (exact) mass is 276 g/mol. The zero-order valence-corrected chi connectivity index (χ0v) is 9.95. The van der Waals surface area contributed by atoms with E-state index in [4.69, 9.17) is 0 Å². The minimum atomic E-state index is 0.977. The Morgan fingerprint density at radius 2 is 1.88 bits per heavy atom. The first kappa shape index (κ1) is 10.8. The predicted octanol–water partition coefficient (Wildman–Crippen LogP) is 2.55. The summed E-state index contributed by atoms with van der Waals surface area (Å²) in [6.45, 7) is 0. The van der Waals surface area contributed by atoms with Gasteiger partial charge in [0, 0.05) is 10.7 Å². The van der Waals surface area contributed by atoms with Crippen LogP contribution < -0.4 is 0 Å². The van der Waals surface area contributed by atoms with E-state index in [0.717, 1.165) is 10.0 Å². The molecule has 0 spiro atoms. The Bertz CT molecular complexity index is 488. The normalized spacial score (nSPS) is 12.2. The van der Waals surface area contributed by atoms with Crippen LogP contribution in [0.3, 0.4) is 0 Å². The van der Waals surface area contributed by atoms with Crippen molar-refractivity contribution >= 4 is 26.6 Å². The van der Waals surface area contributed by atoms with Crippen molar-refractivity contribution in [3.63, 3.8) is 0 Å². The second-order valence-corrected chi connectivity index (χ2v) is 3.84. The van der Waals surface area contributed by atoms with Crippen molar-refractivity contribution in [1.29, 1.82) is 0 Å². The molecule has 0 aliphatic carbocycles. The third kappa shape index (κ3) is 2.87. The van der Waals surface area contributed by atoms with E-state index >= 15 is 0 Å². The summed E-state index contributed by atoms with van der Waals surface area (Å²) in [6, 6.07) is 10.00. The van der Waals surface area contributed by atoms with Gasteiger partial charge in [-0.25, -0.2) is 4.68 Å². The lowest BCUT2D eigenvalue weighted by Gasteiger charge is -1.96. The Hall–Kier alpha value is -1.75. The first-order chi connectivity index (χ1) is 7.86. The Balaban J connectivity index is 2.08. The molecule has 0 saturated heterocycles. The Kier molecular flexibility index (Phi) is 3.61. The number of nitrogens with zero attached hydrogens (tertiary/aromatic N) is 4. The lowest BCUT2D eigenvalue weighted by atomic mass is 10.2. The minimum Gasteiger partial charge on any atom is -0.208 e. The summed E-state index contributed by atoms with van der Waals surface area (Å²) in [4.78, 5) is 0. The number of hydrogen-bond acceptors (Lipinski definition) is 3. The van der Waals surface area contributed by atoms with Crippen molar-refractivity contribution in [3.8, 4) is 0 Å². The van der Waals surface area contributed by atoms with Gasteiger partial charge in [-0.3, -0.25) is 0 Å². The van der Waals surface area contributed by atoms with Crippen LogP contribution in [0.15, 0.2) is 54.2 Å². The molecule has 0 N–H and O–H groups in total. The van der Waals surface area contributed by atoms with E-state index in [1.54, 1.807) is 6.21 Å². The van der Waals surface area contributed by atoms with Crippen molar-refractivity contribution in [2.75, 3.05) is 0 Å². The van der Waals surface area contributed by atoms with E-state index in [9.17, 15) is 0 Å². The first-order valence-electron chi connectivity index (χ1n) is 4.66. The SMILES string of the molecule is Br/C(=C\C=N/n1cnnc1)c1ccccc1. The van der Waals surface area contributed by atoms with E-state index in [1.165, 1.54) is 17.3 Å². The molecule has 0 aliphatic heterocycles.